The molecular weight excluding hydrogens is 239 g/mol. The van der Waals surface area contributed by atoms with Crippen LogP contribution in [0.2, 0.25) is 0 Å². The molecule has 0 saturated carbocycles. The lowest BCUT2D eigenvalue weighted by molar-refractivity contribution is 0.000267. The van der Waals surface area contributed by atoms with Crippen LogP contribution in [0, 0.1) is 25.6 Å². The largest absolute Gasteiger partial charge is 0.378 e. The van der Waals surface area contributed by atoms with Gasteiger partial charge in [0.05, 0.1) is 6.10 Å². The van der Waals surface area contributed by atoms with E-state index in [0.29, 0.717) is 11.7 Å². The zero-order valence-electron chi connectivity index (χ0n) is 13.3. The molecule has 110 valence electrons. The smallest absolute Gasteiger partial charge is 0.126 e. The summed E-state index contributed by atoms with van der Waals surface area (Å²) in [5, 5.41) is 0. The van der Waals surface area contributed by atoms with Gasteiger partial charge < -0.3 is 4.74 Å². The summed E-state index contributed by atoms with van der Waals surface area (Å²) in [6, 6.07) is 5.22. The molecule has 1 fully saturated rings. The predicted molar refractivity (Wildman–Crippen MR) is 81.0 cm³/mol. The summed E-state index contributed by atoms with van der Waals surface area (Å²) in [5.74, 6) is 0.682. The topological polar surface area (TPSA) is 9.23 Å². The minimum Gasteiger partial charge on any atom is -0.378 e. The molecule has 19 heavy (non-hydrogen) atoms. The van der Waals surface area contributed by atoms with Crippen molar-refractivity contribution < 1.29 is 9.13 Å². The average molecular weight is 268 g/mol. The molecule has 1 heterocycles. The fourth-order valence-corrected chi connectivity index (χ4v) is 1.71. The molecule has 2 heteroatoms. The third-order valence-corrected chi connectivity index (χ3v) is 3.06. The molecule has 1 aliphatic heterocycles. The second-order valence-corrected chi connectivity index (χ2v) is 5.08. The van der Waals surface area contributed by atoms with Crippen LogP contribution in [0.5, 0.6) is 0 Å². The zero-order chi connectivity index (χ0) is 14.8. The SMILES string of the molecule is CC.CC1CCC(C)OC1.Cc1ccc(C)c(F)c1. The highest BCUT2D eigenvalue weighted by Gasteiger charge is 2.13. The lowest BCUT2D eigenvalue weighted by Crippen LogP contribution is -2.21. The van der Waals surface area contributed by atoms with Gasteiger partial charge in [-0.15, -0.1) is 0 Å². The minimum absolute atomic E-state index is 0.116. The molecule has 1 saturated heterocycles. The Bertz CT molecular complexity index is 331. The first kappa shape index (κ1) is 18.1. The van der Waals surface area contributed by atoms with Crippen LogP contribution >= 0.6 is 0 Å². The second kappa shape index (κ2) is 9.96. The molecule has 2 unspecified atom stereocenters. The summed E-state index contributed by atoms with van der Waals surface area (Å²) in [7, 11) is 0. The van der Waals surface area contributed by atoms with Crippen molar-refractivity contribution in [2.24, 2.45) is 5.92 Å². The quantitative estimate of drug-likeness (QED) is 0.621. The van der Waals surface area contributed by atoms with Crippen molar-refractivity contribution >= 4 is 0 Å². The third-order valence-electron chi connectivity index (χ3n) is 3.06. The number of ether oxygens (including phenoxy) is 1. The van der Waals surface area contributed by atoms with E-state index in [4.69, 9.17) is 4.74 Å². The van der Waals surface area contributed by atoms with Gasteiger partial charge in [-0.3, -0.25) is 0 Å². The molecule has 0 N–H and O–H groups in total. The van der Waals surface area contributed by atoms with E-state index in [1.54, 1.807) is 13.0 Å². The Morgan fingerprint density at radius 2 is 1.74 bits per heavy atom. The first-order valence-corrected chi connectivity index (χ1v) is 7.33. The molecular formula is C17H29FO. The van der Waals surface area contributed by atoms with Gasteiger partial charge >= 0.3 is 0 Å². The lowest BCUT2D eigenvalue weighted by atomic mass is 10.0. The van der Waals surface area contributed by atoms with Crippen LogP contribution in [0.15, 0.2) is 18.2 Å². The van der Waals surface area contributed by atoms with Crippen LogP contribution in [-0.2, 0) is 4.74 Å². The Morgan fingerprint density at radius 3 is 2.11 bits per heavy atom. The van der Waals surface area contributed by atoms with Gasteiger partial charge in [-0.25, -0.2) is 4.39 Å². The molecule has 1 aromatic carbocycles. The fraction of sp³-hybridized carbons (Fsp3) is 0.647. The van der Waals surface area contributed by atoms with Gasteiger partial charge in [-0.05, 0) is 56.7 Å². The summed E-state index contributed by atoms with van der Waals surface area (Å²) in [6.45, 7) is 13.0. The summed E-state index contributed by atoms with van der Waals surface area (Å²) in [4.78, 5) is 0. The van der Waals surface area contributed by atoms with Gasteiger partial charge in [-0.1, -0.05) is 32.9 Å². The molecule has 0 aliphatic carbocycles. The highest BCUT2D eigenvalue weighted by Crippen LogP contribution is 2.16. The molecule has 1 aromatic rings. The van der Waals surface area contributed by atoms with Crippen molar-refractivity contribution in [1.29, 1.82) is 0 Å². The van der Waals surface area contributed by atoms with Gasteiger partial charge in [0.25, 0.3) is 0 Å². The standard InChI is InChI=1S/C8H9F.C7H14O.C2H6/c1-6-3-4-7(2)8(9)5-6;1-6-3-4-7(2)8-5-6;1-2/h3-5H,1-2H3;6-7H,3-5H2,1-2H3;1-2H3. The van der Waals surface area contributed by atoms with E-state index < -0.39 is 0 Å². The molecule has 0 radical (unpaired) electrons. The number of benzene rings is 1. The van der Waals surface area contributed by atoms with Crippen LogP contribution in [0.3, 0.4) is 0 Å². The first-order valence-electron chi connectivity index (χ1n) is 7.33. The van der Waals surface area contributed by atoms with E-state index in [9.17, 15) is 4.39 Å². The molecule has 0 aromatic heterocycles. The Morgan fingerprint density at radius 1 is 1.11 bits per heavy atom. The van der Waals surface area contributed by atoms with Gasteiger partial charge in [0.2, 0.25) is 0 Å². The van der Waals surface area contributed by atoms with Crippen LogP contribution < -0.4 is 0 Å². The van der Waals surface area contributed by atoms with Crippen molar-refractivity contribution in [3.63, 3.8) is 0 Å². The van der Waals surface area contributed by atoms with Crippen molar-refractivity contribution in [3.05, 3.63) is 35.1 Å². The van der Waals surface area contributed by atoms with Gasteiger partial charge in [0.1, 0.15) is 5.82 Å². The molecule has 1 aliphatic rings. The van der Waals surface area contributed by atoms with Crippen molar-refractivity contribution in [2.75, 3.05) is 6.61 Å². The van der Waals surface area contributed by atoms with Gasteiger partial charge in [0, 0.05) is 6.61 Å². The normalized spacial score (nSPS) is 21.6. The molecule has 2 rings (SSSR count). The Balaban J connectivity index is 0.000000303. The van der Waals surface area contributed by atoms with E-state index in [0.717, 1.165) is 18.1 Å². The maximum Gasteiger partial charge on any atom is 0.126 e. The molecule has 0 bridgehead atoms. The predicted octanol–water partition coefficient (Wildman–Crippen LogP) is 5.29. The molecule has 0 spiro atoms. The summed E-state index contributed by atoms with van der Waals surface area (Å²) in [5.41, 5.74) is 1.68. The molecule has 1 nitrogen and oxygen atoms in total. The number of hydrogen-bond donors (Lipinski definition) is 0. The summed E-state index contributed by atoms with van der Waals surface area (Å²) < 4.78 is 18.0. The van der Waals surface area contributed by atoms with E-state index in [1.165, 1.54) is 18.9 Å². The Kier molecular flexibility index (Phi) is 9.50. The lowest BCUT2D eigenvalue weighted by Gasteiger charge is -2.23. The number of aryl methyl sites for hydroxylation is 2. The van der Waals surface area contributed by atoms with Crippen LogP contribution in [0.1, 0.15) is 51.7 Å². The third kappa shape index (κ3) is 7.99. The summed E-state index contributed by atoms with van der Waals surface area (Å²) in [6.07, 6.45) is 3.12. The Labute approximate surface area is 118 Å². The van der Waals surface area contributed by atoms with Crippen molar-refractivity contribution in [3.8, 4) is 0 Å². The molecule has 0 amide bonds. The number of hydrogen-bond acceptors (Lipinski definition) is 1. The van der Waals surface area contributed by atoms with E-state index in [-0.39, 0.29) is 5.82 Å². The monoisotopic (exact) mass is 268 g/mol. The molecule has 2 atom stereocenters. The maximum absolute atomic E-state index is 12.6. The first-order chi connectivity index (χ1) is 8.99. The Hall–Kier alpha value is -0.890. The van der Waals surface area contributed by atoms with Crippen LogP contribution in [0.4, 0.5) is 4.39 Å². The van der Waals surface area contributed by atoms with Crippen molar-refractivity contribution in [2.45, 2.75) is 60.5 Å². The van der Waals surface area contributed by atoms with E-state index >= 15 is 0 Å². The van der Waals surface area contributed by atoms with Gasteiger partial charge in [-0.2, -0.15) is 0 Å². The number of halogens is 1. The minimum atomic E-state index is -0.116. The van der Waals surface area contributed by atoms with E-state index in [2.05, 4.69) is 13.8 Å². The highest BCUT2D eigenvalue weighted by atomic mass is 19.1. The summed E-state index contributed by atoms with van der Waals surface area (Å²) >= 11 is 0. The average Bonchev–Trinajstić information content (AvgIpc) is 2.41. The highest BCUT2D eigenvalue weighted by molar-refractivity contribution is 5.21. The number of rotatable bonds is 0. The maximum atomic E-state index is 12.6. The van der Waals surface area contributed by atoms with Gasteiger partial charge in [0.15, 0.2) is 0 Å². The van der Waals surface area contributed by atoms with Crippen molar-refractivity contribution in [1.82, 2.24) is 0 Å². The van der Waals surface area contributed by atoms with Crippen LogP contribution in [0.25, 0.3) is 0 Å². The second-order valence-electron chi connectivity index (χ2n) is 5.08. The fourth-order valence-electron chi connectivity index (χ4n) is 1.71. The zero-order valence-corrected chi connectivity index (χ0v) is 13.3. The van der Waals surface area contributed by atoms with Crippen LogP contribution in [-0.4, -0.2) is 12.7 Å². The van der Waals surface area contributed by atoms with E-state index in [1.807, 2.05) is 26.8 Å².